The second kappa shape index (κ2) is 5.84. The number of aromatic nitrogens is 4. The Morgan fingerprint density at radius 3 is 2.52 bits per heavy atom. The SMILES string of the molecule is O=C(Nc1ccncc1)c1cc(-n2cnnc2)ccc1Br. The zero-order valence-corrected chi connectivity index (χ0v) is 12.4. The molecule has 0 spiro atoms. The van der Waals surface area contributed by atoms with E-state index in [0.29, 0.717) is 15.7 Å². The number of nitrogens with one attached hydrogen (secondary N) is 1. The number of anilines is 1. The lowest BCUT2D eigenvalue weighted by Gasteiger charge is -2.09. The van der Waals surface area contributed by atoms with Gasteiger partial charge in [0.1, 0.15) is 12.7 Å². The van der Waals surface area contributed by atoms with Crippen LogP contribution in [0.15, 0.2) is 59.9 Å². The van der Waals surface area contributed by atoms with Crippen LogP contribution in [-0.4, -0.2) is 25.7 Å². The van der Waals surface area contributed by atoms with Gasteiger partial charge in [-0.15, -0.1) is 10.2 Å². The summed E-state index contributed by atoms with van der Waals surface area (Å²) in [7, 11) is 0. The molecule has 0 radical (unpaired) electrons. The molecule has 0 saturated carbocycles. The lowest BCUT2D eigenvalue weighted by atomic mass is 10.2. The maximum Gasteiger partial charge on any atom is 0.256 e. The van der Waals surface area contributed by atoms with Crippen molar-refractivity contribution in [3.63, 3.8) is 0 Å². The van der Waals surface area contributed by atoms with Crippen molar-refractivity contribution >= 4 is 27.5 Å². The van der Waals surface area contributed by atoms with Crippen molar-refractivity contribution in [3.05, 3.63) is 65.4 Å². The van der Waals surface area contributed by atoms with Crippen LogP contribution in [0, 0.1) is 0 Å². The second-order valence-electron chi connectivity index (χ2n) is 4.22. The zero-order valence-electron chi connectivity index (χ0n) is 10.8. The lowest BCUT2D eigenvalue weighted by Crippen LogP contribution is -2.13. The molecule has 0 aliphatic rings. The number of rotatable bonds is 3. The Morgan fingerprint density at radius 1 is 1.10 bits per heavy atom. The molecule has 0 atom stereocenters. The summed E-state index contributed by atoms with van der Waals surface area (Å²) < 4.78 is 2.45. The summed E-state index contributed by atoms with van der Waals surface area (Å²) in [6.07, 6.45) is 6.40. The van der Waals surface area contributed by atoms with Gasteiger partial charge in [0.05, 0.1) is 5.56 Å². The third-order valence-corrected chi connectivity index (χ3v) is 3.54. The molecule has 1 aromatic carbocycles. The minimum atomic E-state index is -0.206. The van der Waals surface area contributed by atoms with Gasteiger partial charge in [-0.05, 0) is 46.3 Å². The Labute approximate surface area is 129 Å². The first-order valence-corrected chi connectivity index (χ1v) is 6.89. The van der Waals surface area contributed by atoms with Crippen LogP contribution < -0.4 is 5.32 Å². The van der Waals surface area contributed by atoms with E-state index in [4.69, 9.17) is 0 Å². The molecule has 1 amide bonds. The number of amides is 1. The summed E-state index contributed by atoms with van der Waals surface area (Å²) in [5, 5.41) is 10.3. The molecule has 2 aromatic heterocycles. The maximum absolute atomic E-state index is 12.4. The Balaban J connectivity index is 1.91. The summed E-state index contributed by atoms with van der Waals surface area (Å²) in [5.74, 6) is -0.206. The minimum Gasteiger partial charge on any atom is -0.322 e. The molecule has 3 rings (SSSR count). The van der Waals surface area contributed by atoms with Crippen LogP contribution in [0.5, 0.6) is 0 Å². The van der Waals surface area contributed by atoms with Gasteiger partial charge in [0, 0.05) is 28.2 Å². The minimum absolute atomic E-state index is 0.206. The summed E-state index contributed by atoms with van der Waals surface area (Å²) in [5.41, 5.74) is 2.03. The summed E-state index contributed by atoms with van der Waals surface area (Å²) in [4.78, 5) is 16.3. The fraction of sp³-hybridized carbons (Fsp3) is 0. The fourth-order valence-electron chi connectivity index (χ4n) is 1.82. The van der Waals surface area contributed by atoms with Crippen LogP contribution in [0.3, 0.4) is 0 Å². The standard InChI is InChI=1S/C14H10BrN5O/c15-13-2-1-11(20-8-17-18-9-20)7-12(13)14(21)19-10-3-5-16-6-4-10/h1-9H,(H,16,19,21). The summed E-state index contributed by atoms with van der Waals surface area (Å²) in [6.45, 7) is 0. The molecule has 0 fully saturated rings. The van der Waals surface area contributed by atoms with Crippen LogP contribution in [-0.2, 0) is 0 Å². The van der Waals surface area contributed by atoms with Gasteiger partial charge in [0.25, 0.3) is 5.91 Å². The molecular formula is C14H10BrN5O. The van der Waals surface area contributed by atoms with Crippen molar-refractivity contribution in [3.8, 4) is 5.69 Å². The maximum atomic E-state index is 12.4. The number of nitrogens with zero attached hydrogens (tertiary/aromatic N) is 4. The van der Waals surface area contributed by atoms with E-state index in [0.717, 1.165) is 5.69 Å². The van der Waals surface area contributed by atoms with E-state index < -0.39 is 0 Å². The van der Waals surface area contributed by atoms with Gasteiger partial charge < -0.3 is 5.32 Å². The Morgan fingerprint density at radius 2 is 1.81 bits per heavy atom. The van der Waals surface area contributed by atoms with Gasteiger partial charge in [-0.1, -0.05) is 0 Å². The van der Waals surface area contributed by atoms with Crippen LogP contribution >= 0.6 is 15.9 Å². The van der Waals surface area contributed by atoms with E-state index >= 15 is 0 Å². The van der Waals surface area contributed by atoms with Crippen molar-refractivity contribution in [2.45, 2.75) is 0 Å². The molecule has 1 N–H and O–H groups in total. The van der Waals surface area contributed by atoms with Crippen LogP contribution in [0.4, 0.5) is 5.69 Å². The number of carbonyl (C=O) groups excluding carboxylic acids is 1. The molecule has 104 valence electrons. The number of hydrogen-bond donors (Lipinski definition) is 1. The normalized spacial score (nSPS) is 10.3. The number of carbonyl (C=O) groups is 1. The molecule has 0 aliphatic carbocycles. The van der Waals surface area contributed by atoms with Crippen LogP contribution in [0.1, 0.15) is 10.4 Å². The predicted molar refractivity (Wildman–Crippen MR) is 81.2 cm³/mol. The average molecular weight is 344 g/mol. The van der Waals surface area contributed by atoms with E-state index in [1.807, 2.05) is 12.1 Å². The second-order valence-corrected chi connectivity index (χ2v) is 5.08. The highest BCUT2D eigenvalue weighted by atomic mass is 79.9. The van der Waals surface area contributed by atoms with E-state index in [1.165, 1.54) is 0 Å². The highest BCUT2D eigenvalue weighted by Gasteiger charge is 2.12. The Hall–Kier alpha value is -2.54. The number of pyridine rings is 1. The molecule has 7 heteroatoms. The first-order valence-electron chi connectivity index (χ1n) is 6.10. The first-order chi connectivity index (χ1) is 10.2. The molecule has 0 saturated heterocycles. The highest BCUT2D eigenvalue weighted by Crippen LogP contribution is 2.21. The largest absolute Gasteiger partial charge is 0.322 e. The smallest absolute Gasteiger partial charge is 0.256 e. The fourth-order valence-corrected chi connectivity index (χ4v) is 2.24. The van der Waals surface area contributed by atoms with Crippen molar-refractivity contribution < 1.29 is 4.79 Å². The van der Waals surface area contributed by atoms with Gasteiger partial charge in [0.2, 0.25) is 0 Å². The number of hydrogen-bond acceptors (Lipinski definition) is 4. The third kappa shape index (κ3) is 2.97. The molecule has 0 bridgehead atoms. The van der Waals surface area contributed by atoms with E-state index in [-0.39, 0.29) is 5.91 Å². The van der Waals surface area contributed by atoms with Gasteiger partial charge in [0.15, 0.2) is 0 Å². The molecule has 21 heavy (non-hydrogen) atoms. The van der Waals surface area contributed by atoms with Crippen molar-refractivity contribution in [2.24, 2.45) is 0 Å². The molecule has 6 nitrogen and oxygen atoms in total. The number of halogens is 1. The van der Waals surface area contributed by atoms with Crippen LogP contribution in [0.25, 0.3) is 5.69 Å². The molecule has 0 unspecified atom stereocenters. The summed E-state index contributed by atoms with van der Waals surface area (Å²) in [6, 6.07) is 8.92. The molecule has 0 aliphatic heterocycles. The molecule has 2 heterocycles. The average Bonchev–Trinajstić information content (AvgIpc) is 3.03. The van der Waals surface area contributed by atoms with Crippen LogP contribution in [0.2, 0.25) is 0 Å². The van der Waals surface area contributed by atoms with Crippen molar-refractivity contribution in [2.75, 3.05) is 5.32 Å². The van der Waals surface area contributed by atoms with Gasteiger partial charge in [-0.3, -0.25) is 14.3 Å². The molecule has 3 aromatic rings. The lowest BCUT2D eigenvalue weighted by molar-refractivity contribution is 0.102. The van der Waals surface area contributed by atoms with Gasteiger partial charge >= 0.3 is 0 Å². The Bertz CT molecular complexity index is 758. The van der Waals surface area contributed by atoms with E-state index in [9.17, 15) is 4.79 Å². The first kappa shape index (κ1) is 13.4. The quantitative estimate of drug-likeness (QED) is 0.793. The monoisotopic (exact) mass is 343 g/mol. The number of benzene rings is 1. The molecular weight excluding hydrogens is 334 g/mol. The highest BCUT2D eigenvalue weighted by molar-refractivity contribution is 9.10. The summed E-state index contributed by atoms with van der Waals surface area (Å²) >= 11 is 3.39. The third-order valence-electron chi connectivity index (χ3n) is 2.85. The zero-order chi connectivity index (χ0) is 14.7. The van der Waals surface area contributed by atoms with Gasteiger partial charge in [-0.2, -0.15) is 0 Å². The predicted octanol–water partition coefficient (Wildman–Crippen LogP) is 2.68. The Kier molecular flexibility index (Phi) is 3.74. The topological polar surface area (TPSA) is 72.7 Å². The van der Waals surface area contributed by atoms with Gasteiger partial charge in [-0.25, -0.2) is 0 Å². The van der Waals surface area contributed by atoms with E-state index in [1.54, 1.807) is 47.8 Å². The van der Waals surface area contributed by atoms with Crippen molar-refractivity contribution in [1.29, 1.82) is 0 Å². The van der Waals surface area contributed by atoms with E-state index in [2.05, 4.69) is 36.4 Å². The van der Waals surface area contributed by atoms with Crippen molar-refractivity contribution in [1.82, 2.24) is 19.7 Å².